The third-order valence-corrected chi connectivity index (χ3v) is 6.36. The van der Waals surface area contributed by atoms with Crippen molar-refractivity contribution in [1.29, 1.82) is 0 Å². The number of hydrogen-bond donors (Lipinski definition) is 2. The van der Waals surface area contributed by atoms with Gasteiger partial charge in [0.25, 0.3) is 5.91 Å². The van der Waals surface area contributed by atoms with Gasteiger partial charge < -0.3 is 10.6 Å². The Morgan fingerprint density at radius 2 is 1.97 bits per heavy atom. The summed E-state index contributed by atoms with van der Waals surface area (Å²) in [6.45, 7) is 0. The lowest BCUT2D eigenvalue weighted by Crippen LogP contribution is -2.19. The Morgan fingerprint density at radius 1 is 1.10 bits per heavy atom. The third-order valence-electron chi connectivity index (χ3n) is 4.42. The second-order valence-electron chi connectivity index (χ2n) is 6.49. The average molecular weight is 434 g/mol. The molecule has 0 fully saturated rings. The normalized spacial score (nSPS) is 12.9. The van der Waals surface area contributed by atoms with Gasteiger partial charge in [-0.1, -0.05) is 24.3 Å². The monoisotopic (exact) mass is 433 g/mol. The Kier molecular flexibility index (Phi) is 4.82. The van der Waals surface area contributed by atoms with Crippen LogP contribution in [0.2, 0.25) is 0 Å². The van der Waals surface area contributed by atoms with E-state index in [0.717, 1.165) is 15.5 Å². The standard InChI is InChI=1S/C21H15N5O2S2/c27-18-12-30-16-9-8-13(11-15(16)23-18)22-21(28)19-24-20(17-7-4-10-29-17)26(25-19)14-5-2-1-3-6-14/h1-11H,12H2,(H,22,28)(H,23,27). The molecule has 4 aromatic rings. The third kappa shape index (κ3) is 3.60. The van der Waals surface area contributed by atoms with E-state index in [0.29, 0.717) is 23.0 Å². The van der Waals surface area contributed by atoms with Crippen LogP contribution in [0.15, 0.2) is 70.9 Å². The molecule has 0 aliphatic carbocycles. The summed E-state index contributed by atoms with van der Waals surface area (Å²) in [5.41, 5.74) is 2.08. The largest absolute Gasteiger partial charge is 0.324 e. The van der Waals surface area contributed by atoms with Crippen molar-refractivity contribution in [1.82, 2.24) is 14.8 Å². The number of carbonyl (C=O) groups is 2. The van der Waals surface area contributed by atoms with Gasteiger partial charge in [-0.2, -0.15) is 0 Å². The maximum Gasteiger partial charge on any atom is 0.295 e. The summed E-state index contributed by atoms with van der Waals surface area (Å²) in [4.78, 5) is 30.9. The summed E-state index contributed by atoms with van der Waals surface area (Å²) in [7, 11) is 0. The second-order valence-corrected chi connectivity index (χ2v) is 8.45. The maximum absolute atomic E-state index is 12.9. The molecule has 2 aromatic carbocycles. The van der Waals surface area contributed by atoms with Crippen LogP contribution in [-0.4, -0.2) is 32.3 Å². The predicted octanol–water partition coefficient (Wildman–Crippen LogP) is 4.29. The molecule has 5 rings (SSSR count). The van der Waals surface area contributed by atoms with E-state index >= 15 is 0 Å². The molecule has 0 saturated heterocycles. The Morgan fingerprint density at radius 3 is 2.77 bits per heavy atom. The van der Waals surface area contributed by atoms with Gasteiger partial charge in [0.1, 0.15) is 0 Å². The van der Waals surface area contributed by atoms with E-state index in [1.54, 1.807) is 16.8 Å². The zero-order valence-corrected chi connectivity index (χ0v) is 17.2. The minimum Gasteiger partial charge on any atom is -0.324 e. The number of carbonyl (C=O) groups excluding carboxylic acids is 2. The lowest BCUT2D eigenvalue weighted by molar-refractivity contribution is -0.113. The van der Waals surface area contributed by atoms with Crippen molar-refractivity contribution in [3.8, 4) is 16.4 Å². The molecule has 1 aliphatic heterocycles. The number of nitrogens with one attached hydrogen (secondary N) is 2. The van der Waals surface area contributed by atoms with Crippen LogP contribution in [0, 0.1) is 0 Å². The number of rotatable bonds is 4. The maximum atomic E-state index is 12.9. The van der Waals surface area contributed by atoms with Crippen LogP contribution in [0.4, 0.5) is 11.4 Å². The van der Waals surface area contributed by atoms with E-state index in [2.05, 4.69) is 20.7 Å². The van der Waals surface area contributed by atoms with E-state index in [4.69, 9.17) is 0 Å². The van der Waals surface area contributed by atoms with Gasteiger partial charge in [0, 0.05) is 10.6 Å². The second kappa shape index (κ2) is 7.77. The molecule has 9 heteroatoms. The van der Waals surface area contributed by atoms with Crippen molar-refractivity contribution in [2.24, 2.45) is 0 Å². The van der Waals surface area contributed by atoms with Gasteiger partial charge in [0.15, 0.2) is 5.82 Å². The van der Waals surface area contributed by atoms with Gasteiger partial charge in [0.05, 0.1) is 22.0 Å². The minimum absolute atomic E-state index is 0.0557. The number of para-hydroxylation sites is 1. The van der Waals surface area contributed by atoms with E-state index in [9.17, 15) is 9.59 Å². The SMILES string of the molecule is O=C1CSc2ccc(NC(=O)c3nc(-c4cccs4)n(-c4ccccc4)n3)cc2N1. The molecule has 30 heavy (non-hydrogen) atoms. The zero-order valence-electron chi connectivity index (χ0n) is 15.5. The van der Waals surface area contributed by atoms with Gasteiger partial charge in [-0.15, -0.1) is 28.2 Å². The molecule has 0 bridgehead atoms. The van der Waals surface area contributed by atoms with Crippen molar-refractivity contribution in [2.45, 2.75) is 4.90 Å². The van der Waals surface area contributed by atoms with Crippen molar-refractivity contribution in [3.63, 3.8) is 0 Å². The van der Waals surface area contributed by atoms with Gasteiger partial charge in [-0.25, -0.2) is 9.67 Å². The molecule has 0 radical (unpaired) electrons. The van der Waals surface area contributed by atoms with Crippen LogP contribution in [0.3, 0.4) is 0 Å². The first-order chi connectivity index (χ1) is 14.7. The van der Waals surface area contributed by atoms with Crippen molar-refractivity contribution < 1.29 is 9.59 Å². The fourth-order valence-electron chi connectivity index (χ4n) is 3.07. The molecular formula is C21H15N5O2S2. The summed E-state index contributed by atoms with van der Waals surface area (Å²) in [5.74, 6) is 0.594. The molecule has 1 aliphatic rings. The molecule has 3 heterocycles. The summed E-state index contributed by atoms with van der Waals surface area (Å²) < 4.78 is 1.67. The Bertz CT molecular complexity index is 1240. The first kappa shape index (κ1) is 18.6. The first-order valence-corrected chi connectivity index (χ1v) is 11.0. The van der Waals surface area contributed by atoms with Crippen LogP contribution in [0.25, 0.3) is 16.4 Å². The summed E-state index contributed by atoms with van der Waals surface area (Å²) in [6.07, 6.45) is 0. The molecule has 0 atom stereocenters. The number of thioether (sulfide) groups is 1. The van der Waals surface area contributed by atoms with Crippen LogP contribution in [0.1, 0.15) is 10.6 Å². The number of amides is 2. The topological polar surface area (TPSA) is 88.9 Å². The highest BCUT2D eigenvalue weighted by atomic mass is 32.2. The lowest BCUT2D eigenvalue weighted by atomic mass is 10.2. The number of benzene rings is 2. The molecule has 2 N–H and O–H groups in total. The highest BCUT2D eigenvalue weighted by molar-refractivity contribution is 8.00. The predicted molar refractivity (Wildman–Crippen MR) is 118 cm³/mol. The van der Waals surface area contributed by atoms with Gasteiger partial charge in [-0.3, -0.25) is 9.59 Å². The quantitative estimate of drug-likeness (QED) is 0.501. The minimum atomic E-state index is -0.419. The smallest absolute Gasteiger partial charge is 0.295 e. The molecule has 2 aromatic heterocycles. The Balaban J connectivity index is 1.46. The number of nitrogens with zero attached hydrogens (tertiary/aromatic N) is 3. The zero-order chi connectivity index (χ0) is 20.5. The molecule has 0 unspecified atom stereocenters. The van der Waals surface area contributed by atoms with E-state index in [1.807, 2.05) is 53.9 Å². The van der Waals surface area contributed by atoms with Crippen LogP contribution in [-0.2, 0) is 4.79 Å². The van der Waals surface area contributed by atoms with E-state index in [-0.39, 0.29) is 11.7 Å². The van der Waals surface area contributed by atoms with Crippen LogP contribution in [0.5, 0.6) is 0 Å². The van der Waals surface area contributed by atoms with Crippen LogP contribution >= 0.6 is 23.1 Å². The number of thiophene rings is 1. The molecule has 0 saturated carbocycles. The molecule has 2 amide bonds. The van der Waals surface area contributed by atoms with Gasteiger partial charge >= 0.3 is 0 Å². The molecule has 0 spiro atoms. The Labute approximate surface area is 180 Å². The van der Waals surface area contributed by atoms with E-state index < -0.39 is 5.91 Å². The highest BCUT2D eigenvalue weighted by Crippen LogP contribution is 2.33. The fraction of sp³-hybridized carbons (Fsp3) is 0.0476. The van der Waals surface area contributed by atoms with Gasteiger partial charge in [0.2, 0.25) is 11.7 Å². The molecular weight excluding hydrogens is 418 g/mol. The lowest BCUT2D eigenvalue weighted by Gasteiger charge is -2.17. The van der Waals surface area contributed by atoms with Crippen molar-refractivity contribution in [3.05, 3.63) is 71.9 Å². The fourth-order valence-corrected chi connectivity index (χ4v) is 4.56. The van der Waals surface area contributed by atoms with E-state index in [1.165, 1.54) is 23.1 Å². The number of fused-ring (bicyclic) bond motifs is 1. The van der Waals surface area contributed by atoms with Crippen LogP contribution < -0.4 is 10.6 Å². The highest BCUT2D eigenvalue weighted by Gasteiger charge is 2.21. The average Bonchev–Trinajstić information content (AvgIpc) is 3.44. The summed E-state index contributed by atoms with van der Waals surface area (Å²) in [5, 5.41) is 12.1. The number of aromatic nitrogens is 3. The number of anilines is 2. The first-order valence-electron chi connectivity index (χ1n) is 9.12. The summed E-state index contributed by atoms with van der Waals surface area (Å²) >= 11 is 3.00. The molecule has 7 nitrogen and oxygen atoms in total. The summed E-state index contributed by atoms with van der Waals surface area (Å²) in [6, 6.07) is 18.9. The molecule has 148 valence electrons. The van der Waals surface area contributed by atoms with Crippen molar-refractivity contribution >= 4 is 46.3 Å². The number of hydrogen-bond acceptors (Lipinski definition) is 6. The van der Waals surface area contributed by atoms with Crippen molar-refractivity contribution in [2.75, 3.05) is 16.4 Å². The van der Waals surface area contributed by atoms with Gasteiger partial charge in [-0.05, 0) is 41.8 Å². The Hall–Kier alpha value is -3.43.